The highest BCUT2D eigenvalue weighted by molar-refractivity contribution is 5.92. The molecule has 1 fully saturated rings. The monoisotopic (exact) mass is 402 g/mol. The maximum Gasteiger partial charge on any atom is 0.270 e. The third kappa shape index (κ3) is 5.56. The average Bonchev–Trinajstić information content (AvgIpc) is 2.79. The first-order valence-electron chi connectivity index (χ1n) is 10.4. The van der Waals surface area contributed by atoms with Gasteiger partial charge in [0.15, 0.2) is 0 Å². The zero-order chi connectivity index (χ0) is 20.6. The Hall–Kier alpha value is -3.41. The number of amides is 1. The van der Waals surface area contributed by atoms with E-state index >= 15 is 0 Å². The molecule has 0 atom stereocenters. The smallest absolute Gasteiger partial charge is 0.270 e. The molecule has 1 saturated carbocycles. The van der Waals surface area contributed by atoms with Crippen molar-refractivity contribution in [3.63, 3.8) is 0 Å². The van der Waals surface area contributed by atoms with E-state index in [1.165, 1.54) is 19.3 Å². The highest BCUT2D eigenvalue weighted by Crippen LogP contribution is 2.21. The SMILES string of the molecule is O=C(NC1CCCCC1)c1ccnc(Nc2cccc(OCc3ccccc3)c2)n1. The molecule has 0 saturated heterocycles. The van der Waals surface area contributed by atoms with Crippen molar-refractivity contribution in [1.29, 1.82) is 0 Å². The molecule has 0 radical (unpaired) electrons. The number of anilines is 2. The van der Waals surface area contributed by atoms with Crippen molar-refractivity contribution in [3.05, 3.63) is 78.1 Å². The topological polar surface area (TPSA) is 76.1 Å². The molecule has 2 aromatic carbocycles. The zero-order valence-electron chi connectivity index (χ0n) is 16.9. The predicted octanol–water partition coefficient (Wildman–Crippen LogP) is 4.86. The van der Waals surface area contributed by atoms with Crippen LogP contribution >= 0.6 is 0 Å². The van der Waals surface area contributed by atoms with Crippen LogP contribution in [0.25, 0.3) is 0 Å². The van der Waals surface area contributed by atoms with Crippen molar-refractivity contribution >= 4 is 17.5 Å². The third-order valence-electron chi connectivity index (χ3n) is 5.17. The predicted molar refractivity (Wildman–Crippen MR) is 117 cm³/mol. The number of carbonyl (C=O) groups excluding carboxylic acids is 1. The number of carbonyl (C=O) groups is 1. The van der Waals surface area contributed by atoms with Gasteiger partial charge in [-0.3, -0.25) is 4.79 Å². The molecule has 3 aromatic rings. The lowest BCUT2D eigenvalue weighted by Crippen LogP contribution is -2.36. The van der Waals surface area contributed by atoms with Gasteiger partial charge in [-0.1, -0.05) is 55.7 Å². The first-order chi connectivity index (χ1) is 14.8. The minimum atomic E-state index is -0.146. The van der Waals surface area contributed by atoms with Gasteiger partial charge in [0.1, 0.15) is 18.1 Å². The molecule has 0 aliphatic heterocycles. The van der Waals surface area contributed by atoms with Gasteiger partial charge in [0.05, 0.1) is 0 Å². The van der Waals surface area contributed by atoms with Crippen molar-refractivity contribution in [3.8, 4) is 5.75 Å². The quantitative estimate of drug-likeness (QED) is 0.590. The molecule has 1 heterocycles. The Morgan fingerprint density at radius 2 is 1.83 bits per heavy atom. The third-order valence-corrected chi connectivity index (χ3v) is 5.17. The number of rotatable bonds is 7. The molecule has 30 heavy (non-hydrogen) atoms. The largest absolute Gasteiger partial charge is 0.489 e. The highest BCUT2D eigenvalue weighted by Gasteiger charge is 2.17. The van der Waals surface area contributed by atoms with Crippen LogP contribution in [0, 0.1) is 0 Å². The van der Waals surface area contributed by atoms with Crippen molar-refractivity contribution in [2.24, 2.45) is 0 Å². The molecule has 1 aliphatic rings. The Bertz CT molecular complexity index is 972. The Balaban J connectivity index is 1.38. The van der Waals surface area contributed by atoms with Crippen LogP contribution in [0.2, 0.25) is 0 Å². The van der Waals surface area contributed by atoms with Gasteiger partial charge in [0.2, 0.25) is 5.95 Å². The average molecular weight is 402 g/mol. The molecule has 4 rings (SSSR count). The maximum absolute atomic E-state index is 12.5. The van der Waals surface area contributed by atoms with Gasteiger partial charge in [-0.2, -0.15) is 0 Å². The van der Waals surface area contributed by atoms with E-state index in [4.69, 9.17) is 4.74 Å². The minimum absolute atomic E-state index is 0.146. The van der Waals surface area contributed by atoms with E-state index in [-0.39, 0.29) is 11.9 Å². The summed E-state index contributed by atoms with van der Waals surface area (Å²) in [7, 11) is 0. The van der Waals surface area contributed by atoms with E-state index in [0.29, 0.717) is 18.2 Å². The number of aromatic nitrogens is 2. The molecule has 0 bridgehead atoms. The van der Waals surface area contributed by atoms with Crippen LogP contribution in [-0.2, 0) is 6.61 Å². The van der Waals surface area contributed by atoms with Crippen LogP contribution in [-0.4, -0.2) is 21.9 Å². The zero-order valence-corrected chi connectivity index (χ0v) is 16.9. The number of hydrogen-bond donors (Lipinski definition) is 2. The van der Waals surface area contributed by atoms with E-state index in [1.54, 1.807) is 12.3 Å². The van der Waals surface area contributed by atoms with E-state index in [1.807, 2.05) is 54.6 Å². The van der Waals surface area contributed by atoms with Crippen molar-refractivity contribution in [1.82, 2.24) is 15.3 Å². The van der Waals surface area contributed by atoms with E-state index in [0.717, 1.165) is 29.8 Å². The fraction of sp³-hybridized carbons (Fsp3) is 0.292. The van der Waals surface area contributed by atoms with E-state index < -0.39 is 0 Å². The van der Waals surface area contributed by atoms with Crippen LogP contribution in [0.15, 0.2) is 66.9 Å². The standard InChI is InChI=1S/C24H26N4O2/c29-23(26-19-10-5-2-6-11-19)22-14-15-25-24(28-22)27-20-12-7-13-21(16-20)30-17-18-8-3-1-4-9-18/h1,3-4,7-9,12-16,19H,2,5-6,10-11,17H2,(H,26,29)(H,25,27,28). The first kappa shape index (κ1) is 19.9. The Morgan fingerprint density at radius 3 is 2.67 bits per heavy atom. The summed E-state index contributed by atoms with van der Waals surface area (Å²) < 4.78 is 5.87. The van der Waals surface area contributed by atoms with Gasteiger partial charge < -0.3 is 15.4 Å². The van der Waals surface area contributed by atoms with Crippen LogP contribution in [0.5, 0.6) is 5.75 Å². The molecule has 1 aromatic heterocycles. The molecule has 1 aliphatic carbocycles. The maximum atomic E-state index is 12.5. The summed E-state index contributed by atoms with van der Waals surface area (Å²) in [5.74, 6) is 0.980. The van der Waals surface area contributed by atoms with Crippen LogP contribution < -0.4 is 15.4 Å². The molecule has 6 nitrogen and oxygen atoms in total. The summed E-state index contributed by atoms with van der Waals surface area (Å²) in [6, 6.07) is 19.5. The summed E-state index contributed by atoms with van der Waals surface area (Å²) in [4.78, 5) is 21.2. The van der Waals surface area contributed by atoms with Crippen LogP contribution in [0.4, 0.5) is 11.6 Å². The van der Waals surface area contributed by atoms with Gasteiger partial charge >= 0.3 is 0 Å². The molecule has 0 spiro atoms. The lowest BCUT2D eigenvalue weighted by atomic mass is 9.95. The second-order valence-electron chi connectivity index (χ2n) is 7.50. The number of hydrogen-bond acceptors (Lipinski definition) is 5. The minimum Gasteiger partial charge on any atom is -0.489 e. The lowest BCUT2D eigenvalue weighted by molar-refractivity contribution is 0.0922. The second-order valence-corrected chi connectivity index (χ2v) is 7.50. The van der Waals surface area contributed by atoms with Crippen molar-refractivity contribution in [2.75, 3.05) is 5.32 Å². The van der Waals surface area contributed by atoms with E-state index in [2.05, 4.69) is 20.6 Å². The van der Waals surface area contributed by atoms with Gasteiger partial charge in [0.25, 0.3) is 5.91 Å². The van der Waals surface area contributed by atoms with Gasteiger partial charge in [-0.05, 0) is 36.6 Å². The molecule has 0 unspecified atom stereocenters. The molecule has 2 N–H and O–H groups in total. The molecule has 1 amide bonds. The summed E-state index contributed by atoms with van der Waals surface area (Å²) in [6.07, 6.45) is 7.27. The van der Waals surface area contributed by atoms with Crippen LogP contribution in [0.1, 0.15) is 48.2 Å². The molecule has 154 valence electrons. The highest BCUT2D eigenvalue weighted by atomic mass is 16.5. The normalized spacial score (nSPS) is 14.1. The Morgan fingerprint density at radius 1 is 1.00 bits per heavy atom. The van der Waals surface area contributed by atoms with Crippen molar-refractivity contribution < 1.29 is 9.53 Å². The fourth-order valence-corrected chi connectivity index (χ4v) is 3.59. The summed E-state index contributed by atoms with van der Waals surface area (Å²) >= 11 is 0. The summed E-state index contributed by atoms with van der Waals surface area (Å²) in [5, 5.41) is 6.25. The lowest BCUT2D eigenvalue weighted by Gasteiger charge is -2.22. The fourth-order valence-electron chi connectivity index (χ4n) is 3.59. The summed E-state index contributed by atoms with van der Waals surface area (Å²) in [6.45, 7) is 0.498. The van der Waals surface area contributed by atoms with Gasteiger partial charge in [-0.25, -0.2) is 9.97 Å². The summed E-state index contributed by atoms with van der Waals surface area (Å²) in [5.41, 5.74) is 2.27. The van der Waals surface area contributed by atoms with Gasteiger partial charge in [-0.15, -0.1) is 0 Å². The number of ether oxygens (including phenoxy) is 1. The van der Waals surface area contributed by atoms with Gasteiger partial charge in [0, 0.05) is 24.0 Å². The van der Waals surface area contributed by atoms with E-state index in [9.17, 15) is 4.79 Å². The Kier molecular flexibility index (Phi) is 6.54. The number of benzene rings is 2. The molecular weight excluding hydrogens is 376 g/mol. The second kappa shape index (κ2) is 9.87. The first-order valence-corrected chi connectivity index (χ1v) is 10.4. The van der Waals surface area contributed by atoms with Crippen LogP contribution in [0.3, 0.4) is 0 Å². The number of nitrogens with one attached hydrogen (secondary N) is 2. The molecular formula is C24H26N4O2. The molecule has 6 heteroatoms. The Labute approximate surface area is 176 Å². The van der Waals surface area contributed by atoms with Crippen molar-refractivity contribution in [2.45, 2.75) is 44.8 Å². The number of nitrogens with zero attached hydrogens (tertiary/aromatic N) is 2.